The Kier molecular flexibility index (Phi) is 11.1. The smallest absolute Gasteiger partial charge is 0.0541 e. The number of thioether (sulfide) groups is 1. The van der Waals surface area contributed by atoms with Gasteiger partial charge >= 0.3 is 0 Å². The van der Waals surface area contributed by atoms with E-state index in [2.05, 4.69) is 13.0 Å². The molecule has 0 bridgehead atoms. The fraction of sp³-hybridized carbons (Fsp3) is 0.667. The highest BCUT2D eigenvalue weighted by molar-refractivity contribution is 7.99. The summed E-state index contributed by atoms with van der Waals surface area (Å²) in [4.78, 5) is 1.14. The van der Waals surface area contributed by atoms with E-state index >= 15 is 0 Å². The van der Waals surface area contributed by atoms with Gasteiger partial charge in [0.15, 0.2) is 0 Å². The second kappa shape index (κ2) is 12.4. The summed E-state index contributed by atoms with van der Waals surface area (Å²) in [5, 5.41) is 0.835. The molecule has 1 aromatic rings. The van der Waals surface area contributed by atoms with Gasteiger partial charge in [0.2, 0.25) is 0 Å². The van der Waals surface area contributed by atoms with Crippen molar-refractivity contribution in [3.8, 4) is 0 Å². The van der Waals surface area contributed by atoms with Gasteiger partial charge in [0.05, 0.1) is 5.02 Å². The molecule has 2 N–H and O–H groups in total. The molecular weight excluding hydrogens is 298 g/mol. The maximum Gasteiger partial charge on any atom is 0.0541 e. The first-order valence-corrected chi connectivity index (χ1v) is 9.73. The Labute approximate surface area is 140 Å². The standard InChI is InChI=1S/C18H30ClNS/c1-2-3-4-5-6-7-8-9-12-16(20)15-21-18-14-11-10-13-17(18)19/h10-11,13-14,16H,2-9,12,15,20H2,1H3. The van der Waals surface area contributed by atoms with E-state index in [1.54, 1.807) is 11.8 Å². The van der Waals surface area contributed by atoms with E-state index in [1.807, 2.05) is 18.2 Å². The van der Waals surface area contributed by atoms with Gasteiger partial charge in [-0.05, 0) is 18.6 Å². The molecule has 0 saturated carbocycles. The molecule has 1 unspecified atom stereocenters. The van der Waals surface area contributed by atoms with Crippen LogP contribution in [0.25, 0.3) is 0 Å². The van der Waals surface area contributed by atoms with Crippen molar-refractivity contribution < 1.29 is 0 Å². The third-order valence-electron chi connectivity index (χ3n) is 3.72. The molecule has 0 aliphatic rings. The van der Waals surface area contributed by atoms with Gasteiger partial charge in [0.25, 0.3) is 0 Å². The first-order chi connectivity index (χ1) is 10.2. The van der Waals surface area contributed by atoms with Crippen molar-refractivity contribution in [2.24, 2.45) is 5.73 Å². The Balaban J connectivity index is 1.99. The largest absolute Gasteiger partial charge is 0.327 e. The monoisotopic (exact) mass is 327 g/mol. The lowest BCUT2D eigenvalue weighted by molar-refractivity contribution is 0.543. The number of hydrogen-bond acceptors (Lipinski definition) is 2. The normalized spacial score (nSPS) is 12.5. The van der Waals surface area contributed by atoms with Crippen LogP contribution in [0.4, 0.5) is 0 Å². The SMILES string of the molecule is CCCCCCCCCCC(N)CSc1ccccc1Cl. The van der Waals surface area contributed by atoms with Gasteiger partial charge in [-0.25, -0.2) is 0 Å². The summed E-state index contributed by atoms with van der Waals surface area (Å²) in [6.07, 6.45) is 12.0. The van der Waals surface area contributed by atoms with Crippen molar-refractivity contribution in [2.75, 3.05) is 5.75 Å². The summed E-state index contributed by atoms with van der Waals surface area (Å²) < 4.78 is 0. The van der Waals surface area contributed by atoms with Crippen LogP contribution in [0.1, 0.15) is 64.7 Å². The summed E-state index contributed by atoms with van der Waals surface area (Å²) in [7, 11) is 0. The van der Waals surface area contributed by atoms with E-state index in [0.717, 1.165) is 22.1 Å². The average molecular weight is 328 g/mol. The van der Waals surface area contributed by atoms with E-state index in [-0.39, 0.29) is 6.04 Å². The second-order valence-electron chi connectivity index (χ2n) is 5.77. The molecule has 0 spiro atoms. The molecule has 0 saturated heterocycles. The highest BCUT2D eigenvalue weighted by Gasteiger charge is 2.05. The van der Waals surface area contributed by atoms with Crippen molar-refractivity contribution in [2.45, 2.75) is 75.6 Å². The molecule has 21 heavy (non-hydrogen) atoms. The van der Waals surface area contributed by atoms with E-state index in [1.165, 1.54) is 51.4 Å². The minimum absolute atomic E-state index is 0.284. The molecule has 0 radical (unpaired) electrons. The van der Waals surface area contributed by atoms with Crippen molar-refractivity contribution in [3.05, 3.63) is 29.3 Å². The van der Waals surface area contributed by atoms with E-state index in [9.17, 15) is 0 Å². The number of unbranched alkanes of at least 4 members (excludes halogenated alkanes) is 7. The number of halogens is 1. The van der Waals surface area contributed by atoms with E-state index in [0.29, 0.717) is 0 Å². The Morgan fingerprint density at radius 3 is 2.29 bits per heavy atom. The van der Waals surface area contributed by atoms with Gasteiger partial charge in [0.1, 0.15) is 0 Å². The lowest BCUT2D eigenvalue weighted by Crippen LogP contribution is -2.22. The predicted molar refractivity (Wildman–Crippen MR) is 97.4 cm³/mol. The molecule has 1 nitrogen and oxygen atoms in total. The van der Waals surface area contributed by atoms with Crippen molar-refractivity contribution >= 4 is 23.4 Å². The van der Waals surface area contributed by atoms with Gasteiger partial charge in [0, 0.05) is 16.7 Å². The van der Waals surface area contributed by atoms with Gasteiger partial charge < -0.3 is 5.73 Å². The summed E-state index contributed by atoms with van der Waals surface area (Å²) in [5.74, 6) is 0.959. The third-order valence-corrected chi connectivity index (χ3v) is 5.42. The lowest BCUT2D eigenvalue weighted by Gasteiger charge is -2.11. The second-order valence-corrected chi connectivity index (χ2v) is 7.23. The molecule has 120 valence electrons. The van der Waals surface area contributed by atoms with Crippen LogP contribution in [0.3, 0.4) is 0 Å². The molecule has 1 aromatic carbocycles. The zero-order chi connectivity index (χ0) is 15.3. The van der Waals surface area contributed by atoms with Crippen LogP contribution in [0, 0.1) is 0 Å². The van der Waals surface area contributed by atoms with Crippen LogP contribution in [0.15, 0.2) is 29.2 Å². The molecule has 1 atom stereocenters. The highest BCUT2D eigenvalue weighted by Crippen LogP contribution is 2.27. The first kappa shape index (κ1) is 18.9. The van der Waals surface area contributed by atoms with Crippen LogP contribution in [0.5, 0.6) is 0 Å². The lowest BCUT2D eigenvalue weighted by atomic mass is 10.1. The van der Waals surface area contributed by atoms with Crippen LogP contribution in [-0.4, -0.2) is 11.8 Å². The van der Waals surface area contributed by atoms with Crippen LogP contribution in [0.2, 0.25) is 5.02 Å². The van der Waals surface area contributed by atoms with E-state index in [4.69, 9.17) is 17.3 Å². The number of rotatable bonds is 12. The minimum Gasteiger partial charge on any atom is -0.327 e. The fourth-order valence-corrected chi connectivity index (χ4v) is 3.62. The van der Waals surface area contributed by atoms with E-state index < -0.39 is 0 Å². The maximum atomic E-state index is 6.19. The number of nitrogens with two attached hydrogens (primary N) is 1. The average Bonchev–Trinajstić information content (AvgIpc) is 2.49. The Bertz CT molecular complexity index is 370. The molecule has 0 fully saturated rings. The van der Waals surface area contributed by atoms with Crippen molar-refractivity contribution in [3.63, 3.8) is 0 Å². The van der Waals surface area contributed by atoms with Gasteiger partial charge in [-0.1, -0.05) is 82.0 Å². The highest BCUT2D eigenvalue weighted by atomic mass is 35.5. The minimum atomic E-state index is 0.284. The quantitative estimate of drug-likeness (QED) is 0.360. The molecule has 0 aliphatic heterocycles. The summed E-state index contributed by atoms with van der Waals surface area (Å²) in [6.45, 7) is 2.27. The predicted octanol–water partition coefficient (Wildman–Crippen LogP) is 6.29. The number of benzene rings is 1. The maximum absolute atomic E-state index is 6.19. The van der Waals surface area contributed by atoms with Crippen LogP contribution < -0.4 is 5.73 Å². The molecule has 0 amide bonds. The molecule has 1 rings (SSSR count). The molecular formula is C18H30ClNS. The Morgan fingerprint density at radius 2 is 1.62 bits per heavy atom. The molecule has 0 heterocycles. The Hall–Kier alpha value is -0.180. The van der Waals surface area contributed by atoms with Gasteiger partial charge in [-0.2, -0.15) is 0 Å². The Morgan fingerprint density at radius 1 is 1.00 bits per heavy atom. The molecule has 0 aromatic heterocycles. The summed E-state index contributed by atoms with van der Waals surface area (Å²) in [6, 6.07) is 8.28. The summed E-state index contributed by atoms with van der Waals surface area (Å²) in [5.41, 5.74) is 6.19. The first-order valence-electron chi connectivity index (χ1n) is 8.37. The third kappa shape index (κ3) is 9.44. The molecule has 3 heteroatoms. The van der Waals surface area contributed by atoms with Crippen molar-refractivity contribution in [1.82, 2.24) is 0 Å². The zero-order valence-electron chi connectivity index (χ0n) is 13.3. The molecule has 0 aliphatic carbocycles. The summed E-state index contributed by atoms with van der Waals surface area (Å²) >= 11 is 7.92. The van der Waals surface area contributed by atoms with Gasteiger partial charge in [-0.3, -0.25) is 0 Å². The van der Waals surface area contributed by atoms with Crippen molar-refractivity contribution in [1.29, 1.82) is 0 Å². The zero-order valence-corrected chi connectivity index (χ0v) is 14.9. The topological polar surface area (TPSA) is 26.0 Å². The van der Waals surface area contributed by atoms with Crippen LogP contribution in [-0.2, 0) is 0 Å². The van der Waals surface area contributed by atoms with Gasteiger partial charge in [-0.15, -0.1) is 11.8 Å². The number of hydrogen-bond donors (Lipinski definition) is 1. The fourth-order valence-electron chi connectivity index (χ4n) is 2.38. The van der Waals surface area contributed by atoms with Crippen LogP contribution >= 0.6 is 23.4 Å².